The van der Waals surface area contributed by atoms with Gasteiger partial charge in [0.15, 0.2) is 12.3 Å². The number of fused-ring (bicyclic) bond motifs is 1. The Morgan fingerprint density at radius 2 is 1.88 bits per heavy atom. The van der Waals surface area contributed by atoms with Crippen LogP contribution in [0.5, 0.6) is 0 Å². The Hall–Kier alpha value is -3.19. The zero-order chi connectivity index (χ0) is 18.5. The SMILES string of the molecule is O=C(COC(=O)c1n[nH]c(=O)c2ccccc12)NCc1cccc(Cl)c1. The van der Waals surface area contributed by atoms with E-state index in [1.807, 2.05) is 6.07 Å². The van der Waals surface area contributed by atoms with Gasteiger partial charge in [-0.1, -0.05) is 41.9 Å². The molecule has 1 aromatic heterocycles. The Morgan fingerprint density at radius 1 is 1.12 bits per heavy atom. The Labute approximate surface area is 152 Å². The number of benzene rings is 2. The van der Waals surface area contributed by atoms with Crippen molar-refractivity contribution in [1.82, 2.24) is 15.5 Å². The monoisotopic (exact) mass is 371 g/mol. The molecule has 0 radical (unpaired) electrons. The molecule has 0 atom stereocenters. The van der Waals surface area contributed by atoms with E-state index < -0.39 is 24.0 Å². The van der Waals surface area contributed by atoms with E-state index in [9.17, 15) is 14.4 Å². The van der Waals surface area contributed by atoms with E-state index in [-0.39, 0.29) is 12.2 Å². The molecule has 1 amide bonds. The molecule has 2 N–H and O–H groups in total. The average molecular weight is 372 g/mol. The lowest BCUT2D eigenvalue weighted by Crippen LogP contribution is -2.28. The molecule has 0 fully saturated rings. The van der Waals surface area contributed by atoms with Crippen molar-refractivity contribution in [2.75, 3.05) is 6.61 Å². The van der Waals surface area contributed by atoms with E-state index >= 15 is 0 Å². The maximum atomic E-state index is 12.2. The van der Waals surface area contributed by atoms with E-state index in [2.05, 4.69) is 15.5 Å². The number of amides is 1. The van der Waals surface area contributed by atoms with Gasteiger partial charge in [0, 0.05) is 17.0 Å². The summed E-state index contributed by atoms with van der Waals surface area (Å²) in [5, 5.41) is 9.85. The number of aromatic nitrogens is 2. The Balaban J connectivity index is 1.61. The summed E-state index contributed by atoms with van der Waals surface area (Å²) in [6, 6.07) is 13.6. The first-order valence-electron chi connectivity index (χ1n) is 7.70. The molecule has 2 aromatic carbocycles. The van der Waals surface area contributed by atoms with E-state index in [0.717, 1.165) is 5.56 Å². The van der Waals surface area contributed by atoms with Crippen LogP contribution in [-0.2, 0) is 16.1 Å². The molecule has 8 heteroatoms. The fourth-order valence-electron chi connectivity index (χ4n) is 2.37. The van der Waals surface area contributed by atoms with Crippen LogP contribution < -0.4 is 10.9 Å². The van der Waals surface area contributed by atoms with E-state index in [4.69, 9.17) is 16.3 Å². The summed E-state index contributed by atoms with van der Waals surface area (Å²) in [6.45, 7) is -0.203. The second-order valence-electron chi connectivity index (χ2n) is 5.43. The molecular weight excluding hydrogens is 358 g/mol. The number of halogens is 1. The van der Waals surface area contributed by atoms with Gasteiger partial charge in [0.05, 0.1) is 5.39 Å². The van der Waals surface area contributed by atoms with Crippen molar-refractivity contribution in [3.63, 3.8) is 0 Å². The van der Waals surface area contributed by atoms with E-state index in [1.54, 1.807) is 42.5 Å². The third-order valence-electron chi connectivity index (χ3n) is 3.60. The highest BCUT2D eigenvalue weighted by Crippen LogP contribution is 2.13. The lowest BCUT2D eigenvalue weighted by atomic mass is 10.1. The Bertz CT molecular complexity index is 1030. The van der Waals surface area contributed by atoms with Crippen LogP contribution in [0.25, 0.3) is 10.8 Å². The van der Waals surface area contributed by atoms with Gasteiger partial charge in [0.1, 0.15) is 0 Å². The largest absolute Gasteiger partial charge is 0.451 e. The number of carbonyl (C=O) groups excluding carboxylic acids is 2. The van der Waals surface area contributed by atoms with Crippen LogP contribution in [0, 0.1) is 0 Å². The summed E-state index contributed by atoms with van der Waals surface area (Å²) >= 11 is 5.88. The fraction of sp³-hybridized carbons (Fsp3) is 0.111. The first-order chi connectivity index (χ1) is 12.5. The number of nitrogens with zero attached hydrogens (tertiary/aromatic N) is 1. The Kier molecular flexibility index (Phi) is 5.28. The van der Waals surface area contributed by atoms with Gasteiger partial charge in [-0.2, -0.15) is 5.10 Å². The predicted molar refractivity (Wildman–Crippen MR) is 95.9 cm³/mol. The van der Waals surface area contributed by atoms with Crippen LogP contribution in [0.15, 0.2) is 53.3 Å². The minimum atomic E-state index is -0.796. The van der Waals surface area contributed by atoms with Crippen molar-refractivity contribution in [3.8, 4) is 0 Å². The highest BCUT2D eigenvalue weighted by molar-refractivity contribution is 6.30. The zero-order valence-corrected chi connectivity index (χ0v) is 14.2. The van der Waals surface area contributed by atoms with Gasteiger partial charge in [-0.25, -0.2) is 9.89 Å². The van der Waals surface area contributed by atoms with Crippen LogP contribution in [0.3, 0.4) is 0 Å². The molecule has 3 rings (SSSR count). The molecule has 26 heavy (non-hydrogen) atoms. The van der Waals surface area contributed by atoms with Crippen molar-refractivity contribution in [1.29, 1.82) is 0 Å². The first-order valence-corrected chi connectivity index (χ1v) is 8.08. The molecule has 7 nitrogen and oxygen atoms in total. The molecule has 0 unspecified atom stereocenters. The maximum Gasteiger partial charge on any atom is 0.359 e. The van der Waals surface area contributed by atoms with Gasteiger partial charge in [0.25, 0.3) is 11.5 Å². The summed E-state index contributed by atoms with van der Waals surface area (Å²) in [4.78, 5) is 35.8. The highest BCUT2D eigenvalue weighted by Gasteiger charge is 2.16. The zero-order valence-electron chi connectivity index (χ0n) is 13.5. The number of nitrogens with one attached hydrogen (secondary N) is 2. The minimum Gasteiger partial charge on any atom is -0.451 e. The average Bonchev–Trinajstić information content (AvgIpc) is 2.65. The molecule has 0 aliphatic heterocycles. The molecule has 0 aliphatic carbocycles. The molecule has 3 aromatic rings. The third kappa shape index (κ3) is 4.07. The quantitative estimate of drug-likeness (QED) is 0.668. The van der Waals surface area contributed by atoms with Crippen LogP contribution in [0.2, 0.25) is 5.02 Å². The number of rotatable bonds is 5. The molecule has 0 saturated heterocycles. The molecular formula is C18H14ClN3O4. The van der Waals surface area contributed by atoms with Crippen LogP contribution in [0.4, 0.5) is 0 Å². The molecule has 0 aliphatic rings. The summed E-state index contributed by atoms with van der Waals surface area (Å²) in [6.07, 6.45) is 0. The van der Waals surface area contributed by atoms with Crippen LogP contribution in [-0.4, -0.2) is 28.7 Å². The smallest absolute Gasteiger partial charge is 0.359 e. The van der Waals surface area contributed by atoms with Crippen molar-refractivity contribution >= 4 is 34.2 Å². The van der Waals surface area contributed by atoms with Gasteiger partial charge in [-0.05, 0) is 23.8 Å². The summed E-state index contributed by atoms with van der Waals surface area (Å²) in [5.74, 6) is -1.26. The van der Waals surface area contributed by atoms with Crippen LogP contribution in [0.1, 0.15) is 16.1 Å². The van der Waals surface area contributed by atoms with Crippen molar-refractivity contribution < 1.29 is 14.3 Å². The lowest BCUT2D eigenvalue weighted by molar-refractivity contribution is -0.124. The van der Waals surface area contributed by atoms with Gasteiger partial charge in [-0.15, -0.1) is 0 Å². The Morgan fingerprint density at radius 3 is 2.65 bits per heavy atom. The number of esters is 1. The van der Waals surface area contributed by atoms with Crippen molar-refractivity contribution in [2.45, 2.75) is 6.54 Å². The van der Waals surface area contributed by atoms with Gasteiger partial charge < -0.3 is 10.1 Å². The van der Waals surface area contributed by atoms with Crippen molar-refractivity contribution in [3.05, 3.63) is 75.2 Å². The molecule has 132 valence electrons. The summed E-state index contributed by atoms with van der Waals surface area (Å²) < 4.78 is 4.99. The highest BCUT2D eigenvalue weighted by atomic mass is 35.5. The number of aromatic amines is 1. The number of hydrogen-bond donors (Lipinski definition) is 2. The number of carbonyl (C=O) groups is 2. The maximum absolute atomic E-state index is 12.2. The van der Waals surface area contributed by atoms with Gasteiger partial charge in [-0.3, -0.25) is 9.59 Å². The third-order valence-corrected chi connectivity index (χ3v) is 3.84. The lowest BCUT2D eigenvalue weighted by Gasteiger charge is -2.07. The van der Waals surface area contributed by atoms with Crippen LogP contribution >= 0.6 is 11.6 Å². The first kappa shape index (κ1) is 17.6. The molecule has 1 heterocycles. The standard InChI is InChI=1S/C18H14ClN3O4/c19-12-5-3-4-11(8-12)9-20-15(23)10-26-18(25)16-13-6-1-2-7-14(13)17(24)22-21-16/h1-8H,9-10H2,(H,20,23)(H,22,24). The number of H-pyrrole nitrogens is 1. The molecule has 0 spiro atoms. The molecule has 0 bridgehead atoms. The van der Waals surface area contributed by atoms with Gasteiger partial charge in [0.2, 0.25) is 0 Å². The predicted octanol–water partition coefficient (Wildman–Crippen LogP) is 2.05. The van der Waals surface area contributed by atoms with Crippen molar-refractivity contribution in [2.24, 2.45) is 0 Å². The fourth-order valence-corrected chi connectivity index (χ4v) is 2.58. The summed E-state index contributed by atoms with van der Waals surface area (Å²) in [7, 11) is 0. The second kappa shape index (κ2) is 7.79. The number of hydrogen-bond acceptors (Lipinski definition) is 5. The molecule has 0 saturated carbocycles. The van der Waals surface area contributed by atoms with E-state index in [1.165, 1.54) is 0 Å². The number of ether oxygens (including phenoxy) is 1. The normalized spacial score (nSPS) is 10.5. The minimum absolute atomic E-state index is 0.0529. The summed E-state index contributed by atoms with van der Waals surface area (Å²) in [5.41, 5.74) is 0.365. The van der Waals surface area contributed by atoms with Gasteiger partial charge >= 0.3 is 5.97 Å². The van der Waals surface area contributed by atoms with E-state index in [0.29, 0.717) is 15.8 Å². The second-order valence-corrected chi connectivity index (χ2v) is 5.87. The topological polar surface area (TPSA) is 101 Å².